The summed E-state index contributed by atoms with van der Waals surface area (Å²) in [5, 5.41) is 3.24. The number of benzene rings is 2. The second-order valence-corrected chi connectivity index (χ2v) is 8.76. The maximum absolute atomic E-state index is 13.0. The summed E-state index contributed by atoms with van der Waals surface area (Å²) in [6.07, 6.45) is 2.15. The van der Waals surface area contributed by atoms with Gasteiger partial charge in [-0.3, -0.25) is 14.5 Å². The van der Waals surface area contributed by atoms with Crippen LogP contribution >= 0.6 is 11.8 Å². The lowest BCUT2D eigenvalue weighted by Crippen LogP contribution is -2.44. The van der Waals surface area contributed by atoms with Gasteiger partial charge in [0.1, 0.15) is 17.6 Å². The number of thioether (sulfide) groups is 1. The van der Waals surface area contributed by atoms with Gasteiger partial charge in [0.2, 0.25) is 5.91 Å². The van der Waals surface area contributed by atoms with Crippen LogP contribution in [0.25, 0.3) is 0 Å². The molecule has 8 heteroatoms. The van der Waals surface area contributed by atoms with E-state index >= 15 is 0 Å². The van der Waals surface area contributed by atoms with Crippen molar-refractivity contribution in [3.05, 3.63) is 54.1 Å². The molecule has 0 spiro atoms. The number of carbonyl (C=O) groups is 2. The molecule has 1 N–H and O–H groups in total. The van der Waals surface area contributed by atoms with Crippen molar-refractivity contribution in [2.75, 3.05) is 12.4 Å². The Hall–Kier alpha value is -3.13. The minimum absolute atomic E-state index is 0.111. The van der Waals surface area contributed by atoms with Gasteiger partial charge in [-0.05, 0) is 49.2 Å². The first-order valence-corrected chi connectivity index (χ1v) is 11.6. The predicted molar refractivity (Wildman–Crippen MR) is 129 cm³/mol. The third kappa shape index (κ3) is 4.27. The molecule has 166 valence electrons. The van der Waals surface area contributed by atoms with Crippen molar-refractivity contribution in [3.8, 4) is 5.75 Å². The van der Waals surface area contributed by atoms with Crippen LogP contribution in [-0.2, 0) is 9.59 Å². The van der Waals surface area contributed by atoms with E-state index in [0.717, 1.165) is 23.4 Å². The first kappa shape index (κ1) is 22.1. The number of anilines is 1. The number of fused-ring (bicyclic) bond motifs is 3. The molecule has 7 nitrogen and oxygen atoms in total. The van der Waals surface area contributed by atoms with Gasteiger partial charge in [-0.1, -0.05) is 44.2 Å². The average molecular weight is 451 g/mol. The molecule has 0 saturated carbocycles. The van der Waals surface area contributed by atoms with Gasteiger partial charge >= 0.3 is 0 Å². The van der Waals surface area contributed by atoms with Crippen LogP contribution in [0.4, 0.5) is 11.4 Å². The third-order valence-electron chi connectivity index (χ3n) is 5.44. The molecule has 0 fully saturated rings. The van der Waals surface area contributed by atoms with Crippen LogP contribution in [0.1, 0.15) is 38.7 Å². The topological polar surface area (TPSA) is 83.4 Å². The summed E-state index contributed by atoms with van der Waals surface area (Å²) in [5.41, 5.74) is 2.31. The number of carbonyl (C=O) groups excluding carboxylic acids is 2. The number of rotatable bonds is 7. The van der Waals surface area contributed by atoms with E-state index < -0.39 is 0 Å². The van der Waals surface area contributed by atoms with Gasteiger partial charge in [-0.15, -0.1) is 0 Å². The van der Waals surface area contributed by atoms with E-state index in [4.69, 9.17) is 9.73 Å². The smallest absolute Gasteiger partial charge is 0.270 e. The zero-order valence-corrected chi connectivity index (χ0v) is 19.2. The van der Waals surface area contributed by atoms with Gasteiger partial charge in [-0.25, -0.2) is 4.99 Å². The normalized spacial score (nSPS) is 17.8. The van der Waals surface area contributed by atoms with Crippen molar-refractivity contribution < 1.29 is 14.3 Å². The molecule has 2 aromatic carbocycles. The Kier molecular flexibility index (Phi) is 6.60. The molecule has 2 atom stereocenters. The monoisotopic (exact) mass is 450 g/mol. The molecule has 0 aromatic heterocycles. The number of nitrogens with zero attached hydrogens (tertiary/aromatic N) is 3. The molecule has 0 bridgehead atoms. The second kappa shape index (κ2) is 9.56. The number of hydrogen-bond donors (Lipinski definition) is 1. The maximum atomic E-state index is 13.0. The van der Waals surface area contributed by atoms with Crippen LogP contribution in [0.3, 0.4) is 0 Å². The Labute approximate surface area is 192 Å². The van der Waals surface area contributed by atoms with Crippen LogP contribution in [0, 0.1) is 0 Å². The summed E-state index contributed by atoms with van der Waals surface area (Å²) >= 11 is 1.38. The first-order valence-electron chi connectivity index (χ1n) is 10.8. The van der Waals surface area contributed by atoms with Gasteiger partial charge in [0.15, 0.2) is 5.17 Å². The van der Waals surface area contributed by atoms with Crippen molar-refractivity contribution in [1.82, 2.24) is 4.90 Å². The molecule has 4 rings (SSSR count). The van der Waals surface area contributed by atoms with E-state index in [2.05, 4.69) is 10.3 Å². The average Bonchev–Trinajstić information content (AvgIpc) is 3.14. The lowest BCUT2D eigenvalue weighted by atomic mass is 10.1. The summed E-state index contributed by atoms with van der Waals surface area (Å²) in [4.78, 5) is 36.8. The molecular formula is C24H26N4O3S. The van der Waals surface area contributed by atoms with Crippen LogP contribution < -0.4 is 10.1 Å². The molecule has 0 radical (unpaired) electrons. The molecule has 2 aliphatic rings. The van der Waals surface area contributed by atoms with E-state index in [9.17, 15) is 9.59 Å². The molecule has 0 saturated heterocycles. The predicted octanol–water partition coefficient (Wildman–Crippen LogP) is 4.60. The van der Waals surface area contributed by atoms with Crippen molar-refractivity contribution in [2.45, 2.75) is 44.4 Å². The van der Waals surface area contributed by atoms with E-state index in [1.807, 2.05) is 55.1 Å². The highest BCUT2D eigenvalue weighted by molar-refractivity contribution is 8.15. The fourth-order valence-electron chi connectivity index (χ4n) is 3.78. The fourth-order valence-corrected chi connectivity index (χ4v) is 4.84. The van der Waals surface area contributed by atoms with E-state index in [1.165, 1.54) is 11.8 Å². The van der Waals surface area contributed by atoms with Gasteiger partial charge < -0.3 is 10.1 Å². The Morgan fingerprint density at radius 2 is 1.91 bits per heavy atom. The van der Waals surface area contributed by atoms with Crippen molar-refractivity contribution in [3.63, 3.8) is 0 Å². The number of amidine groups is 2. The lowest BCUT2D eigenvalue weighted by molar-refractivity contribution is -0.119. The number of hydrogen-bond acceptors (Lipinski definition) is 6. The molecule has 2 amide bonds. The number of amides is 2. The van der Waals surface area contributed by atoms with Gasteiger partial charge in [0.05, 0.1) is 18.0 Å². The molecule has 2 heterocycles. The summed E-state index contributed by atoms with van der Waals surface area (Å²) in [6, 6.07) is 14.5. The van der Waals surface area contributed by atoms with Gasteiger partial charge in [0.25, 0.3) is 5.91 Å². The Balaban J connectivity index is 1.60. The van der Waals surface area contributed by atoms with Gasteiger partial charge in [-0.2, -0.15) is 4.99 Å². The standard InChI is InChI=1S/C24H26N4O3S/c1-4-8-19-22(29)27-21-17-9-6-7-10-18(17)26-24(28(19)21)32-20(5-2)23(30)25-15-11-13-16(31-3)14-12-15/h6-7,9-14,19-20H,4-5,8H2,1-3H3,(H,25,30). The molecule has 32 heavy (non-hydrogen) atoms. The third-order valence-corrected chi connectivity index (χ3v) is 6.77. The Morgan fingerprint density at radius 1 is 1.16 bits per heavy atom. The SMILES string of the molecule is CCCC1C(=O)N=C2c3ccccc3N=C(SC(CC)C(=O)Nc3ccc(OC)cc3)N21. The molecule has 2 unspecified atom stereocenters. The lowest BCUT2D eigenvalue weighted by Gasteiger charge is -2.32. The van der Waals surface area contributed by atoms with Crippen LogP contribution in [0.15, 0.2) is 58.5 Å². The van der Waals surface area contributed by atoms with E-state index in [-0.39, 0.29) is 23.1 Å². The fraction of sp³-hybridized carbons (Fsp3) is 0.333. The van der Waals surface area contributed by atoms with E-state index in [1.54, 1.807) is 19.2 Å². The van der Waals surface area contributed by atoms with Crippen molar-refractivity contribution in [2.24, 2.45) is 9.98 Å². The molecule has 2 aromatic rings. The largest absolute Gasteiger partial charge is 0.497 e. The highest BCUT2D eigenvalue weighted by atomic mass is 32.2. The van der Waals surface area contributed by atoms with Crippen molar-refractivity contribution in [1.29, 1.82) is 0 Å². The zero-order chi connectivity index (χ0) is 22.7. The number of ether oxygens (including phenoxy) is 1. The molecule has 0 aliphatic carbocycles. The van der Waals surface area contributed by atoms with Crippen LogP contribution in [0.5, 0.6) is 5.75 Å². The number of methoxy groups -OCH3 is 1. The highest BCUT2D eigenvalue weighted by Gasteiger charge is 2.42. The van der Waals surface area contributed by atoms with E-state index in [0.29, 0.717) is 29.5 Å². The van der Waals surface area contributed by atoms with Crippen LogP contribution in [0.2, 0.25) is 0 Å². The molecular weight excluding hydrogens is 424 g/mol. The van der Waals surface area contributed by atoms with Crippen LogP contribution in [-0.4, -0.2) is 46.1 Å². The molecule has 2 aliphatic heterocycles. The van der Waals surface area contributed by atoms with Crippen molar-refractivity contribution >= 4 is 46.0 Å². The Morgan fingerprint density at radius 3 is 2.59 bits per heavy atom. The maximum Gasteiger partial charge on any atom is 0.270 e. The second-order valence-electron chi connectivity index (χ2n) is 7.59. The number of nitrogens with one attached hydrogen (secondary N) is 1. The highest BCUT2D eigenvalue weighted by Crippen LogP contribution is 2.36. The summed E-state index contributed by atoms with van der Waals surface area (Å²) < 4.78 is 5.17. The minimum atomic E-state index is -0.378. The minimum Gasteiger partial charge on any atom is -0.497 e. The zero-order valence-electron chi connectivity index (χ0n) is 18.4. The number of para-hydroxylation sites is 1. The summed E-state index contributed by atoms with van der Waals surface area (Å²) in [7, 11) is 1.60. The summed E-state index contributed by atoms with van der Waals surface area (Å²) in [5.74, 6) is 1.10. The Bertz CT molecular complexity index is 1080. The first-order chi connectivity index (χ1) is 15.5. The van der Waals surface area contributed by atoms with Gasteiger partial charge in [0, 0.05) is 11.3 Å². The number of aliphatic imine (C=N–C) groups is 2. The quantitative estimate of drug-likeness (QED) is 0.666. The summed E-state index contributed by atoms with van der Waals surface area (Å²) in [6.45, 7) is 4.01.